The molecule has 4 nitrogen and oxygen atoms in total. The lowest BCUT2D eigenvalue weighted by atomic mass is 10.00. The van der Waals surface area contributed by atoms with E-state index in [1.165, 1.54) is 0 Å². The summed E-state index contributed by atoms with van der Waals surface area (Å²) in [6.45, 7) is 4.07. The monoisotopic (exact) mass is 387 g/mol. The van der Waals surface area contributed by atoms with Crippen molar-refractivity contribution < 1.29 is 4.79 Å². The highest BCUT2D eigenvalue weighted by Crippen LogP contribution is 2.29. The second-order valence-electron chi connectivity index (χ2n) is 6.98. The van der Waals surface area contributed by atoms with Crippen molar-refractivity contribution in [3.63, 3.8) is 0 Å². The lowest BCUT2D eigenvalue weighted by Gasteiger charge is -2.10. The first kappa shape index (κ1) is 18.3. The third-order valence-corrected chi connectivity index (χ3v) is 5.23. The Labute approximate surface area is 169 Å². The van der Waals surface area contributed by atoms with Crippen LogP contribution in [0, 0.1) is 13.8 Å². The topological polar surface area (TPSA) is 57.8 Å². The minimum Gasteiger partial charge on any atom is -0.326 e. The van der Waals surface area contributed by atoms with Crippen LogP contribution in [0.4, 0.5) is 5.69 Å². The maximum atomic E-state index is 12.6. The number of benzene rings is 3. The quantitative estimate of drug-likeness (QED) is 0.415. The number of nitrogens with zero attached hydrogens (tertiary/aromatic N) is 1. The number of thiol groups is 1. The number of nitrogens with one attached hydrogen (secondary N) is 2. The highest BCUT2D eigenvalue weighted by atomic mass is 32.1. The molecule has 0 fully saturated rings. The van der Waals surface area contributed by atoms with Crippen molar-refractivity contribution in [2.24, 2.45) is 0 Å². The summed E-state index contributed by atoms with van der Waals surface area (Å²) in [7, 11) is 0. The third-order valence-electron chi connectivity index (χ3n) is 4.95. The second-order valence-corrected chi connectivity index (χ2v) is 7.49. The van der Waals surface area contributed by atoms with E-state index in [1.54, 1.807) is 0 Å². The molecule has 0 atom stereocenters. The zero-order valence-electron chi connectivity index (χ0n) is 15.8. The molecule has 28 heavy (non-hydrogen) atoms. The van der Waals surface area contributed by atoms with Crippen LogP contribution in [-0.2, 0) is 11.2 Å². The number of H-pyrrole nitrogens is 1. The van der Waals surface area contributed by atoms with Gasteiger partial charge in [0.2, 0.25) is 5.91 Å². The molecule has 0 radical (unpaired) electrons. The van der Waals surface area contributed by atoms with Gasteiger partial charge in [-0.25, -0.2) is 0 Å². The van der Waals surface area contributed by atoms with Gasteiger partial charge in [-0.2, -0.15) is 5.10 Å². The van der Waals surface area contributed by atoms with Gasteiger partial charge < -0.3 is 5.32 Å². The Balaban J connectivity index is 1.61. The Morgan fingerprint density at radius 3 is 2.54 bits per heavy atom. The van der Waals surface area contributed by atoms with Crippen molar-refractivity contribution in [1.82, 2.24) is 10.2 Å². The van der Waals surface area contributed by atoms with Crippen LogP contribution in [0.15, 0.2) is 65.6 Å². The number of aromatic amines is 1. The molecule has 3 aromatic carbocycles. The first-order valence-electron chi connectivity index (χ1n) is 9.14. The molecule has 0 bridgehead atoms. The third kappa shape index (κ3) is 3.66. The molecule has 5 heteroatoms. The van der Waals surface area contributed by atoms with Crippen LogP contribution in [-0.4, -0.2) is 16.1 Å². The van der Waals surface area contributed by atoms with Crippen molar-refractivity contribution in [3.05, 3.63) is 77.4 Å². The number of anilines is 1. The van der Waals surface area contributed by atoms with Crippen LogP contribution in [0.25, 0.3) is 22.2 Å². The summed E-state index contributed by atoms with van der Waals surface area (Å²) in [4.78, 5) is 13.5. The van der Waals surface area contributed by atoms with Crippen molar-refractivity contribution in [2.45, 2.75) is 25.2 Å². The molecular formula is C23H21N3OS. The van der Waals surface area contributed by atoms with Gasteiger partial charge in [0.05, 0.1) is 11.9 Å². The van der Waals surface area contributed by atoms with E-state index in [0.29, 0.717) is 6.42 Å². The summed E-state index contributed by atoms with van der Waals surface area (Å²) in [5, 5.41) is 11.5. The molecule has 1 heterocycles. The Bertz CT molecular complexity index is 1160. The number of hydrogen-bond donors (Lipinski definition) is 3. The zero-order valence-corrected chi connectivity index (χ0v) is 16.7. The maximum Gasteiger partial charge on any atom is 0.228 e. The Kier molecular flexibility index (Phi) is 4.92. The highest BCUT2D eigenvalue weighted by molar-refractivity contribution is 7.80. The van der Waals surface area contributed by atoms with Gasteiger partial charge in [-0.15, -0.1) is 12.6 Å². The number of carbonyl (C=O) groups is 1. The van der Waals surface area contributed by atoms with E-state index in [2.05, 4.69) is 28.1 Å². The van der Waals surface area contributed by atoms with Gasteiger partial charge in [-0.05, 0) is 60.9 Å². The van der Waals surface area contributed by atoms with Crippen molar-refractivity contribution in [3.8, 4) is 11.3 Å². The maximum absolute atomic E-state index is 12.6. The number of hydrogen-bond acceptors (Lipinski definition) is 3. The fraction of sp³-hybridized carbons (Fsp3) is 0.130. The molecule has 1 aromatic heterocycles. The first-order chi connectivity index (χ1) is 13.5. The van der Waals surface area contributed by atoms with Crippen LogP contribution in [0.2, 0.25) is 0 Å². The van der Waals surface area contributed by atoms with Gasteiger partial charge in [0.1, 0.15) is 5.69 Å². The largest absolute Gasteiger partial charge is 0.326 e. The number of fused-ring (bicyclic) bond motifs is 1. The van der Waals surface area contributed by atoms with E-state index < -0.39 is 0 Å². The van der Waals surface area contributed by atoms with Gasteiger partial charge in [0, 0.05) is 21.5 Å². The summed E-state index contributed by atoms with van der Waals surface area (Å²) < 4.78 is 0. The SMILES string of the molecule is Cc1cccc(C)c1CC(=O)Nc1ccc2[nH]nc(-c3cccc(S)c3)c2c1. The van der Waals surface area contributed by atoms with Crippen LogP contribution in [0.5, 0.6) is 0 Å². The normalized spacial score (nSPS) is 11.0. The molecule has 1 amide bonds. The van der Waals surface area contributed by atoms with Gasteiger partial charge in [0.25, 0.3) is 0 Å². The van der Waals surface area contributed by atoms with E-state index in [1.807, 2.05) is 74.5 Å². The van der Waals surface area contributed by atoms with Gasteiger partial charge >= 0.3 is 0 Å². The molecule has 0 saturated carbocycles. The fourth-order valence-electron chi connectivity index (χ4n) is 3.46. The molecule has 4 aromatic rings. The molecule has 0 saturated heterocycles. The predicted molar refractivity (Wildman–Crippen MR) is 117 cm³/mol. The average molecular weight is 388 g/mol. The zero-order chi connectivity index (χ0) is 19.7. The number of aryl methyl sites for hydroxylation is 2. The molecule has 4 rings (SSSR count). The minimum absolute atomic E-state index is 0.0286. The van der Waals surface area contributed by atoms with Crippen molar-refractivity contribution in [1.29, 1.82) is 0 Å². The molecule has 2 N–H and O–H groups in total. The van der Waals surface area contributed by atoms with E-state index >= 15 is 0 Å². The summed E-state index contributed by atoms with van der Waals surface area (Å²) in [5.74, 6) is -0.0286. The minimum atomic E-state index is -0.0286. The molecule has 140 valence electrons. The van der Waals surface area contributed by atoms with Gasteiger partial charge in [-0.1, -0.05) is 30.3 Å². The Hall–Kier alpha value is -3.05. The molecule has 0 aliphatic heterocycles. The average Bonchev–Trinajstić information content (AvgIpc) is 3.08. The number of carbonyl (C=O) groups excluding carboxylic acids is 1. The lowest BCUT2D eigenvalue weighted by Crippen LogP contribution is -2.15. The van der Waals surface area contributed by atoms with Crippen LogP contribution >= 0.6 is 12.6 Å². The fourth-order valence-corrected chi connectivity index (χ4v) is 3.68. The number of rotatable bonds is 4. The van der Waals surface area contributed by atoms with Crippen molar-refractivity contribution >= 4 is 35.1 Å². The Morgan fingerprint density at radius 1 is 1.04 bits per heavy atom. The summed E-state index contributed by atoms with van der Waals surface area (Å²) in [6, 6.07) is 19.7. The first-order valence-corrected chi connectivity index (χ1v) is 9.58. The number of amides is 1. The van der Waals surface area contributed by atoms with E-state index in [0.717, 1.165) is 49.4 Å². The van der Waals surface area contributed by atoms with Crippen molar-refractivity contribution in [2.75, 3.05) is 5.32 Å². The number of aromatic nitrogens is 2. The standard InChI is InChI=1S/C23H21N3OS/c1-14-5-3-6-15(2)19(14)13-22(27)24-17-9-10-21-20(12-17)23(26-25-21)16-7-4-8-18(28)11-16/h3-12,28H,13H2,1-2H3,(H,24,27)(H,25,26). The lowest BCUT2D eigenvalue weighted by molar-refractivity contribution is -0.115. The molecule has 0 unspecified atom stereocenters. The Morgan fingerprint density at radius 2 is 1.79 bits per heavy atom. The predicted octanol–water partition coefficient (Wildman–Crippen LogP) is 5.32. The van der Waals surface area contributed by atoms with Gasteiger partial charge in [-0.3, -0.25) is 9.89 Å². The van der Waals surface area contributed by atoms with Crippen LogP contribution in [0.1, 0.15) is 16.7 Å². The summed E-state index contributed by atoms with van der Waals surface area (Å²) in [6.07, 6.45) is 0.358. The summed E-state index contributed by atoms with van der Waals surface area (Å²) >= 11 is 4.41. The molecule has 0 aliphatic carbocycles. The van der Waals surface area contributed by atoms with E-state index in [-0.39, 0.29) is 5.91 Å². The van der Waals surface area contributed by atoms with E-state index in [9.17, 15) is 4.79 Å². The van der Waals surface area contributed by atoms with E-state index in [4.69, 9.17) is 0 Å². The van der Waals surface area contributed by atoms with Crippen LogP contribution < -0.4 is 5.32 Å². The molecule has 0 aliphatic rings. The smallest absolute Gasteiger partial charge is 0.228 e. The molecule has 0 spiro atoms. The van der Waals surface area contributed by atoms with Gasteiger partial charge in [0.15, 0.2) is 0 Å². The molecular weight excluding hydrogens is 366 g/mol. The summed E-state index contributed by atoms with van der Waals surface area (Å²) in [5.41, 5.74) is 6.86. The highest BCUT2D eigenvalue weighted by Gasteiger charge is 2.12. The second kappa shape index (κ2) is 7.52. The van der Waals surface area contributed by atoms with Crippen LogP contribution in [0.3, 0.4) is 0 Å².